The third-order valence-electron chi connectivity index (χ3n) is 5.54. The second-order valence-corrected chi connectivity index (χ2v) is 8.73. The number of amides is 5. The number of hydrogen-bond donors (Lipinski definition) is 3. The quantitative estimate of drug-likeness (QED) is 0.357. The first-order valence-electron chi connectivity index (χ1n) is 11.0. The van der Waals surface area contributed by atoms with E-state index in [1.54, 1.807) is 30.4 Å². The standard InChI is InChI=1S/C24H24N6O4S/c1-2-29-9-10-30(23(33)22(29)32)24(34)27-14-15-5-8-18(26-13-15)21(31)28-19-12-16(6-7-17(19)25)20-4-3-11-35-20/h3-8,11-13H,2,9-10,14,25H2,1H3,(H,27,34)(H,28,31). The normalized spacial score (nSPS) is 13.6. The molecule has 4 N–H and O–H groups in total. The fraction of sp³-hybridized carbons (Fsp3) is 0.208. The SMILES string of the molecule is CCN1CCN(C(=O)NCc2ccc(C(=O)Nc3cc(-c4cccs4)ccc3N)nc2)C(=O)C1=O. The molecule has 0 unspecified atom stereocenters. The molecule has 180 valence electrons. The number of urea groups is 1. The number of nitrogens with zero attached hydrogens (tertiary/aromatic N) is 3. The number of anilines is 2. The first kappa shape index (κ1) is 23.9. The molecule has 0 saturated carbocycles. The monoisotopic (exact) mass is 492 g/mol. The van der Waals surface area contributed by atoms with E-state index in [1.165, 1.54) is 17.2 Å². The molecular weight excluding hydrogens is 468 g/mol. The molecule has 1 aliphatic heterocycles. The van der Waals surface area contributed by atoms with Gasteiger partial charge in [-0.2, -0.15) is 0 Å². The number of pyridine rings is 1. The van der Waals surface area contributed by atoms with Gasteiger partial charge in [0.25, 0.3) is 5.91 Å². The Bertz CT molecular complexity index is 1260. The third-order valence-corrected chi connectivity index (χ3v) is 6.46. The summed E-state index contributed by atoms with van der Waals surface area (Å²) in [7, 11) is 0. The molecular formula is C24H24N6O4S. The van der Waals surface area contributed by atoms with E-state index in [4.69, 9.17) is 5.73 Å². The van der Waals surface area contributed by atoms with Crippen LogP contribution in [-0.4, -0.2) is 58.2 Å². The van der Waals surface area contributed by atoms with Crippen molar-refractivity contribution in [1.82, 2.24) is 20.1 Å². The Kier molecular flexibility index (Phi) is 7.06. The van der Waals surface area contributed by atoms with Gasteiger partial charge in [-0.3, -0.25) is 24.3 Å². The molecule has 10 nitrogen and oxygen atoms in total. The van der Waals surface area contributed by atoms with Gasteiger partial charge < -0.3 is 21.3 Å². The largest absolute Gasteiger partial charge is 0.397 e. The van der Waals surface area contributed by atoms with Crippen LogP contribution in [0.1, 0.15) is 23.0 Å². The summed E-state index contributed by atoms with van der Waals surface area (Å²) in [6.45, 7) is 2.71. The second kappa shape index (κ2) is 10.3. The lowest BCUT2D eigenvalue weighted by molar-refractivity contribution is -0.153. The minimum atomic E-state index is -0.844. The second-order valence-electron chi connectivity index (χ2n) is 7.79. The Morgan fingerprint density at radius 3 is 2.63 bits per heavy atom. The summed E-state index contributed by atoms with van der Waals surface area (Å²) in [4.78, 5) is 56.7. The summed E-state index contributed by atoms with van der Waals surface area (Å²) in [6.07, 6.45) is 1.46. The number of nitrogens with one attached hydrogen (secondary N) is 2. The van der Waals surface area contributed by atoms with Crippen LogP contribution in [0.25, 0.3) is 10.4 Å². The molecule has 35 heavy (non-hydrogen) atoms. The Balaban J connectivity index is 1.35. The average Bonchev–Trinajstić information content (AvgIpc) is 3.41. The van der Waals surface area contributed by atoms with Gasteiger partial charge >= 0.3 is 17.8 Å². The third kappa shape index (κ3) is 5.30. The predicted octanol–water partition coefficient (Wildman–Crippen LogP) is 2.54. The van der Waals surface area contributed by atoms with E-state index in [2.05, 4.69) is 15.6 Å². The van der Waals surface area contributed by atoms with E-state index in [-0.39, 0.29) is 18.8 Å². The number of nitrogens with two attached hydrogens (primary N) is 1. The van der Waals surface area contributed by atoms with Gasteiger partial charge in [0.1, 0.15) is 5.69 Å². The number of hydrogen-bond acceptors (Lipinski definition) is 7. The molecule has 1 saturated heterocycles. The highest BCUT2D eigenvalue weighted by Crippen LogP contribution is 2.30. The maximum Gasteiger partial charge on any atom is 0.324 e. The topological polar surface area (TPSA) is 138 Å². The average molecular weight is 493 g/mol. The minimum Gasteiger partial charge on any atom is -0.397 e. The van der Waals surface area contributed by atoms with E-state index in [9.17, 15) is 19.2 Å². The summed E-state index contributed by atoms with van der Waals surface area (Å²) in [6, 6.07) is 11.9. The summed E-state index contributed by atoms with van der Waals surface area (Å²) in [5, 5.41) is 7.37. The summed E-state index contributed by atoms with van der Waals surface area (Å²) >= 11 is 1.59. The van der Waals surface area contributed by atoms with Crippen molar-refractivity contribution in [2.45, 2.75) is 13.5 Å². The first-order valence-corrected chi connectivity index (χ1v) is 11.8. The fourth-order valence-corrected chi connectivity index (χ4v) is 4.28. The molecule has 0 radical (unpaired) electrons. The smallest absolute Gasteiger partial charge is 0.324 e. The molecule has 0 atom stereocenters. The number of carbonyl (C=O) groups is 4. The number of nitrogen functional groups attached to an aromatic ring is 1. The summed E-state index contributed by atoms with van der Waals surface area (Å²) in [5.74, 6) is -1.95. The molecule has 1 fully saturated rings. The maximum absolute atomic E-state index is 12.7. The van der Waals surface area contributed by atoms with Crippen LogP contribution < -0.4 is 16.4 Å². The molecule has 5 amide bonds. The molecule has 1 aromatic carbocycles. The number of carbonyl (C=O) groups excluding carboxylic acids is 4. The first-order chi connectivity index (χ1) is 16.9. The van der Waals surface area contributed by atoms with Crippen molar-refractivity contribution >= 4 is 46.5 Å². The Labute approximate surface area is 205 Å². The molecule has 3 aromatic rings. The van der Waals surface area contributed by atoms with E-state index in [0.717, 1.165) is 15.3 Å². The lowest BCUT2D eigenvalue weighted by Gasteiger charge is -2.31. The number of likely N-dealkylation sites (N-methyl/N-ethyl adjacent to an activating group) is 1. The van der Waals surface area contributed by atoms with Crippen molar-refractivity contribution in [2.24, 2.45) is 0 Å². The van der Waals surface area contributed by atoms with Gasteiger partial charge in [0.15, 0.2) is 0 Å². The van der Waals surface area contributed by atoms with Crippen LogP contribution in [0.15, 0.2) is 54.0 Å². The number of piperazine rings is 1. The van der Waals surface area contributed by atoms with Crippen molar-refractivity contribution in [3.63, 3.8) is 0 Å². The van der Waals surface area contributed by atoms with E-state index in [1.807, 2.05) is 29.6 Å². The zero-order valence-electron chi connectivity index (χ0n) is 19.0. The number of imide groups is 1. The molecule has 1 aliphatic rings. The van der Waals surface area contributed by atoms with Gasteiger partial charge in [0.05, 0.1) is 11.4 Å². The van der Waals surface area contributed by atoms with Crippen molar-refractivity contribution in [3.8, 4) is 10.4 Å². The summed E-state index contributed by atoms with van der Waals surface area (Å²) in [5.41, 5.74) is 8.70. The fourth-order valence-electron chi connectivity index (χ4n) is 3.55. The van der Waals surface area contributed by atoms with Crippen LogP contribution >= 0.6 is 11.3 Å². The van der Waals surface area contributed by atoms with Gasteiger partial charge in [-0.15, -0.1) is 11.3 Å². The van der Waals surface area contributed by atoms with Gasteiger partial charge in [-0.05, 0) is 47.7 Å². The van der Waals surface area contributed by atoms with Crippen molar-refractivity contribution in [1.29, 1.82) is 0 Å². The van der Waals surface area contributed by atoms with E-state index < -0.39 is 23.8 Å². The highest BCUT2D eigenvalue weighted by atomic mass is 32.1. The van der Waals surface area contributed by atoms with Crippen molar-refractivity contribution in [2.75, 3.05) is 30.7 Å². The van der Waals surface area contributed by atoms with Crippen LogP contribution in [0, 0.1) is 0 Å². The molecule has 0 bridgehead atoms. The van der Waals surface area contributed by atoms with Crippen molar-refractivity contribution < 1.29 is 19.2 Å². The zero-order chi connectivity index (χ0) is 24.9. The van der Waals surface area contributed by atoms with Crippen LogP contribution in [0.2, 0.25) is 0 Å². The van der Waals surface area contributed by atoms with Crippen LogP contribution in [0.3, 0.4) is 0 Å². The zero-order valence-corrected chi connectivity index (χ0v) is 19.8. The number of thiophene rings is 1. The molecule has 3 heterocycles. The van der Waals surface area contributed by atoms with Crippen LogP contribution in [0.4, 0.5) is 16.2 Å². The van der Waals surface area contributed by atoms with Gasteiger partial charge in [-0.1, -0.05) is 18.2 Å². The lowest BCUT2D eigenvalue weighted by Crippen LogP contribution is -2.58. The lowest BCUT2D eigenvalue weighted by atomic mass is 10.1. The highest BCUT2D eigenvalue weighted by Gasteiger charge is 2.35. The van der Waals surface area contributed by atoms with E-state index >= 15 is 0 Å². The Morgan fingerprint density at radius 1 is 1.11 bits per heavy atom. The Morgan fingerprint density at radius 2 is 1.94 bits per heavy atom. The molecule has 0 spiro atoms. The molecule has 0 aliphatic carbocycles. The van der Waals surface area contributed by atoms with E-state index in [0.29, 0.717) is 30.0 Å². The van der Waals surface area contributed by atoms with Crippen LogP contribution in [0.5, 0.6) is 0 Å². The number of benzene rings is 1. The molecule has 11 heteroatoms. The molecule has 2 aromatic heterocycles. The van der Waals surface area contributed by atoms with Crippen LogP contribution in [-0.2, 0) is 16.1 Å². The predicted molar refractivity (Wildman–Crippen MR) is 133 cm³/mol. The highest BCUT2D eigenvalue weighted by molar-refractivity contribution is 7.13. The van der Waals surface area contributed by atoms with Crippen molar-refractivity contribution in [3.05, 3.63) is 65.3 Å². The maximum atomic E-state index is 12.7. The van der Waals surface area contributed by atoms with Gasteiger partial charge in [0.2, 0.25) is 0 Å². The number of rotatable bonds is 6. The number of aromatic nitrogens is 1. The minimum absolute atomic E-state index is 0.0823. The van der Waals surface area contributed by atoms with Gasteiger partial charge in [0, 0.05) is 37.3 Å². The summed E-state index contributed by atoms with van der Waals surface area (Å²) < 4.78 is 0. The van der Waals surface area contributed by atoms with Gasteiger partial charge in [-0.25, -0.2) is 4.79 Å². The Hall–Kier alpha value is -4.25. The molecule has 4 rings (SSSR count).